The number of alkyl halides is 2. The van der Waals surface area contributed by atoms with Gasteiger partial charge in [0, 0.05) is 24.0 Å². The zero-order valence-electron chi connectivity index (χ0n) is 15.1. The first-order valence-electron chi connectivity index (χ1n) is 8.19. The maximum absolute atomic E-state index is 15.4. The van der Waals surface area contributed by atoms with Crippen LogP contribution in [0.25, 0.3) is 11.4 Å². The van der Waals surface area contributed by atoms with Crippen LogP contribution < -0.4 is 5.32 Å². The maximum Gasteiger partial charge on any atom is 0.302 e. The highest BCUT2D eigenvalue weighted by molar-refractivity contribution is 6.30. The molecule has 1 aromatic heterocycles. The Morgan fingerprint density at radius 1 is 1.11 bits per heavy atom. The average Bonchev–Trinajstić information content (AvgIpc) is 2.65. The van der Waals surface area contributed by atoms with E-state index >= 15 is 8.78 Å². The number of carbonyl (C=O) groups is 1. The molecule has 1 aromatic carbocycles. The molecule has 2 heterocycles. The van der Waals surface area contributed by atoms with Crippen LogP contribution in [0.2, 0.25) is 5.02 Å². The number of nitrogens with one attached hydrogen (secondary N) is 1. The van der Waals surface area contributed by atoms with Gasteiger partial charge < -0.3 is 10.1 Å². The van der Waals surface area contributed by atoms with Gasteiger partial charge in [0.1, 0.15) is 29.4 Å². The highest BCUT2D eigenvalue weighted by atomic mass is 35.5. The van der Waals surface area contributed by atoms with Crippen molar-refractivity contribution in [2.45, 2.75) is 37.8 Å². The average molecular weight is 418 g/mol. The van der Waals surface area contributed by atoms with Gasteiger partial charge in [0.05, 0.1) is 10.6 Å². The molecule has 1 amide bonds. The second kappa shape index (κ2) is 6.66. The molecular formula is C18H16ClF4N3O2. The fraction of sp³-hybridized carbons (Fsp3) is 0.389. The minimum atomic E-state index is -3.76. The summed E-state index contributed by atoms with van der Waals surface area (Å²) in [5.74, 6) is -7.10. The molecule has 0 radical (unpaired) electrons. The third-order valence-electron chi connectivity index (χ3n) is 4.79. The van der Waals surface area contributed by atoms with Crippen LogP contribution in [-0.4, -0.2) is 34.0 Å². The van der Waals surface area contributed by atoms with Gasteiger partial charge in [0.25, 0.3) is 0 Å². The normalized spacial score (nSPS) is 23.8. The highest BCUT2D eigenvalue weighted by Crippen LogP contribution is 2.48. The van der Waals surface area contributed by atoms with Crippen LogP contribution in [0.3, 0.4) is 0 Å². The third-order valence-corrected chi connectivity index (χ3v) is 4.99. The van der Waals surface area contributed by atoms with E-state index in [-0.39, 0.29) is 16.4 Å². The number of carbonyl (C=O) groups excluding carboxylic acids is 1. The molecule has 0 saturated carbocycles. The van der Waals surface area contributed by atoms with Crippen LogP contribution >= 0.6 is 11.6 Å². The number of aromatic nitrogens is 2. The maximum atomic E-state index is 15.4. The van der Waals surface area contributed by atoms with E-state index in [0.29, 0.717) is 6.07 Å². The van der Waals surface area contributed by atoms with Crippen LogP contribution in [0.5, 0.6) is 0 Å². The van der Waals surface area contributed by atoms with E-state index in [1.165, 1.54) is 12.4 Å². The van der Waals surface area contributed by atoms with Gasteiger partial charge in [-0.25, -0.2) is 27.5 Å². The van der Waals surface area contributed by atoms with Gasteiger partial charge in [0.2, 0.25) is 5.91 Å². The monoisotopic (exact) mass is 417 g/mol. The van der Waals surface area contributed by atoms with Crippen molar-refractivity contribution in [1.29, 1.82) is 0 Å². The van der Waals surface area contributed by atoms with Gasteiger partial charge in [-0.2, -0.15) is 0 Å². The Morgan fingerprint density at radius 2 is 1.71 bits per heavy atom. The fourth-order valence-electron chi connectivity index (χ4n) is 3.12. The first kappa shape index (κ1) is 20.5. The molecule has 3 rings (SSSR count). The van der Waals surface area contributed by atoms with Crippen molar-refractivity contribution in [2.24, 2.45) is 0 Å². The SMILES string of the molecule is CC1(C)OCC(=O)NC(C)(c2cc(-c3ncc(Cl)cn3)c(F)cc2F)C1(F)F. The van der Waals surface area contributed by atoms with Gasteiger partial charge in [0.15, 0.2) is 5.82 Å². The Balaban J connectivity index is 2.24. The molecule has 1 aliphatic rings. The molecule has 28 heavy (non-hydrogen) atoms. The van der Waals surface area contributed by atoms with Crippen LogP contribution in [-0.2, 0) is 15.1 Å². The van der Waals surface area contributed by atoms with E-state index < -0.39 is 46.8 Å². The Bertz CT molecular complexity index is 937. The molecule has 0 aliphatic carbocycles. The van der Waals surface area contributed by atoms with E-state index in [1.54, 1.807) is 0 Å². The van der Waals surface area contributed by atoms with E-state index in [0.717, 1.165) is 26.8 Å². The van der Waals surface area contributed by atoms with Gasteiger partial charge in [-0.3, -0.25) is 4.79 Å². The lowest BCUT2D eigenvalue weighted by atomic mass is 9.77. The standard InChI is InChI=1S/C18H16ClF4N3O2/c1-16(2)18(22,23)17(3,26-14(27)8-28-16)11-4-10(12(20)5-13(11)21)15-24-6-9(19)7-25-15/h4-7H,8H2,1-3H3,(H,26,27). The number of rotatable bonds is 2. The van der Waals surface area contributed by atoms with E-state index in [2.05, 4.69) is 15.3 Å². The summed E-state index contributed by atoms with van der Waals surface area (Å²) in [5, 5.41) is 2.31. The Morgan fingerprint density at radius 3 is 2.32 bits per heavy atom. The summed E-state index contributed by atoms with van der Waals surface area (Å²) in [6, 6.07) is 1.32. The number of benzene rings is 1. The molecule has 150 valence electrons. The van der Waals surface area contributed by atoms with Crippen molar-refractivity contribution in [3.8, 4) is 11.4 Å². The molecule has 5 nitrogen and oxygen atoms in total. The Hall–Kier alpha value is -2.26. The number of nitrogens with zero attached hydrogens (tertiary/aromatic N) is 2. The smallest absolute Gasteiger partial charge is 0.302 e. The number of amides is 1. The topological polar surface area (TPSA) is 64.1 Å². The van der Waals surface area contributed by atoms with E-state index in [1.807, 2.05) is 0 Å². The number of hydrogen-bond donors (Lipinski definition) is 1. The third kappa shape index (κ3) is 3.12. The first-order valence-corrected chi connectivity index (χ1v) is 8.57. The first-order chi connectivity index (χ1) is 12.9. The lowest BCUT2D eigenvalue weighted by Crippen LogP contribution is -2.62. The summed E-state index contributed by atoms with van der Waals surface area (Å²) >= 11 is 5.70. The highest BCUT2D eigenvalue weighted by Gasteiger charge is 2.64. The molecule has 1 fully saturated rings. The van der Waals surface area contributed by atoms with Gasteiger partial charge in [-0.05, 0) is 26.8 Å². The van der Waals surface area contributed by atoms with Gasteiger partial charge in [-0.15, -0.1) is 0 Å². The van der Waals surface area contributed by atoms with Crippen molar-refractivity contribution in [3.63, 3.8) is 0 Å². The summed E-state index contributed by atoms with van der Waals surface area (Å²) in [4.78, 5) is 19.7. The zero-order valence-corrected chi connectivity index (χ0v) is 15.9. The number of ether oxygens (including phenoxy) is 1. The number of halogens is 5. The summed E-state index contributed by atoms with van der Waals surface area (Å²) in [6.45, 7) is 2.52. The molecule has 2 aromatic rings. The molecule has 0 spiro atoms. The molecule has 1 saturated heterocycles. The Labute approximate surface area is 163 Å². The summed E-state index contributed by atoms with van der Waals surface area (Å²) < 4.78 is 64.8. The zero-order chi connectivity index (χ0) is 20.9. The molecular weight excluding hydrogens is 402 g/mol. The quantitative estimate of drug-likeness (QED) is 0.754. The molecule has 1 N–H and O–H groups in total. The Kier molecular flexibility index (Phi) is 4.87. The fourth-order valence-corrected chi connectivity index (χ4v) is 3.22. The van der Waals surface area contributed by atoms with Crippen molar-refractivity contribution in [1.82, 2.24) is 15.3 Å². The van der Waals surface area contributed by atoms with E-state index in [4.69, 9.17) is 16.3 Å². The molecule has 1 aliphatic heterocycles. The van der Waals surface area contributed by atoms with Gasteiger partial charge >= 0.3 is 5.92 Å². The predicted molar refractivity (Wildman–Crippen MR) is 92.9 cm³/mol. The van der Waals surface area contributed by atoms with Gasteiger partial charge in [-0.1, -0.05) is 11.6 Å². The van der Waals surface area contributed by atoms with Crippen molar-refractivity contribution in [2.75, 3.05) is 6.61 Å². The molecule has 1 unspecified atom stereocenters. The van der Waals surface area contributed by atoms with Crippen LogP contribution in [0, 0.1) is 11.6 Å². The molecule has 10 heteroatoms. The lowest BCUT2D eigenvalue weighted by Gasteiger charge is -2.43. The minimum absolute atomic E-state index is 0.175. The summed E-state index contributed by atoms with van der Waals surface area (Å²) in [5.41, 5.74) is -5.58. The minimum Gasteiger partial charge on any atom is -0.359 e. The van der Waals surface area contributed by atoms with Crippen LogP contribution in [0.4, 0.5) is 17.6 Å². The summed E-state index contributed by atoms with van der Waals surface area (Å²) in [6.07, 6.45) is 2.38. The lowest BCUT2D eigenvalue weighted by molar-refractivity contribution is -0.216. The molecule has 1 atom stereocenters. The molecule has 0 bridgehead atoms. The van der Waals surface area contributed by atoms with Crippen LogP contribution in [0.15, 0.2) is 24.5 Å². The second-order valence-electron chi connectivity index (χ2n) is 7.08. The number of hydrogen-bond acceptors (Lipinski definition) is 4. The van der Waals surface area contributed by atoms with E-state index in [9.17, 15) is 13.6 Å². The second-order valence-corrected chi connectivity index (χ2v) is 7.52. The van der Waals surface area contributed by atoms with Crippen molar-refractivity contribution < 1.29 is 27.1 Å². The largest absolute Gasteiger partial charge is 0.359 e. The predicted octanol–water partition coefficient (Wildman–Crippen LogP) is 3.85. The van der Waals surface area contributed by atoms with Crippen molar-refractivity contribution in [3.05, 3.63) is 46.7 Å². The summed E-state index contributed by atoms with van der Waals surface area (Å²) in [7, 11) is 0. The van der Waals surface area contributed by atoms with Crippen LogP contribution in [0.1, 0.15) is 26.3 Å². The van der Waals surface area contributed by atoms with Crippen molar-refractivity contribution >= 4 is 17.5 Å².